The van der Waals surface area contributed by atoms with Crippen LogP contribution in [0.2, 0.25) is 0 Å². The SMILES string of the molecule is CCCCC[C@@H]1OC=C2C(=O)[C@H]3O[C@@]3(C/C=C(\C)C(=O)OC(C)(C)C)C(=O)[C@]23[C@H]1[C@H]1O[C@H](CCCCC)[C@@H]3C2=C1C(=O)[C@H]1O[C@@]1(C/C=C(\C)C(=O)OC(C)(C)C)C2=O. The predicted octanol–water partition coefficient (Wildman–Crippen LogP) is 6.66. The standard InChI is InChI=1S/C46H60O12/c1-11-13-15-17-27-32-35-30-29(36(49)44(38(55-44)34(30)48)21-19-24(3)39(50)57-42(5,6)7)31(28(54-35)18-16-14-12-2)46(32)26(23-53-27)33(47)37-45(56-37,41(46)52)22-20-25(4)40(51)58-43(8,9)10/h19-20,23,27-28,31-32,35,37-38H,11-18,21-22H2,1-10H3/b24-19+,25-20+/t27-,28+,31+,32+,35-,37+,38+,44-,45+,46+/m0/s1. The summed E-state index contributed by atoms with van der Waals surface area (Å²) in [4.78, 5) is 86.6. The lowest BCUT2D eigenvalue weighted by molar-refractivity contribution is -0.212. The Balaban J connectivity index is 1.36. The number of esters is 2. The van der Waals surface area contributed by atoms with Gasteiger partial charge in [-0.1, -0.05) is 58.1 Å². The van der Waals surface area contributed by atoms with E-state index in [-0.39, 0.29) is 52.3 Å². The number of Topliss-reactive ketones (excluding diaryl/α,β-unsaturated/α-hetero) is 4. The first-order chi connectivity index (χ1) is 27.2. The monoisotopic (exact) mass is 804 g/mol. The topological polar surface area (TPSA) is 164 Å². The van der Waals surface area contributed by atoms with Gasteiger partial charge >= 0.3 is 11.9 Å². The zero-order valence-corrected chi connectivity index (χ0v) is 35.7. The van der Waals surface area contributed by atoms with Crippen molar-refractivity contribution in [2.75, 3.05) is 0 Å². The van der Waals surface area contributed by atoms with Crippen LogP contribution in [0.1, 0.15) is 133 Å². The Hall–Kier alpha value is -3.74. The number of carbonyl (C=O) groups excluding carboxylic acids is 6. The average molecular weight is 805 g/mol. The van der Waals surface area contributed by atoms with Crippen molar-refractivity contribution < 1.29 is 57.2 Å². The summed E-state index contributed by atoms with van der Waals surface area (Å²) in [6, 6.07) is 0. The van der Waals surface area contributed by atoms with Gasteiger partial charge in [0, 0.05) is 52.5 Å². The molecule has 0 radical (unpaired) electrons. The highest BCUT2D eigenvalue weighted by molar-refractivity contribution is 6.25. The quantitative estimate of drug-likeness (QED) is 0.0795. The maximum Gasteiger partial charge on any atom is 0.333 e. The number of fused-ring (bicyclic) bond motifs is 3. The summed E-state index contributed by atoms with van der Waals surface area (Å²) in [5, 5.41) is 0. The third-order valence-corrected chi connectivity index (χ3v) is 13.0. The molecule has 316 valence electrons. The van der Waals surface area contributed by atoms with Crippen LogP contribution in [0.4, 0.5) is 0 Å². The predicted molar refractivity (Wildman–Crippen MR) is 210 cm³/mol. The largest absolute Gasteiger partial charge is 0.497 e. The molecular weight excluding hydrogens is 744 g/mol. The first-order valence-electron chi connectivity index (χ1n) is 21.3. The summed E-state index contributed by atoms with van der Waals surface area (Å²) >= 11 is 0. The Bertz CT molecular complexity index is 1940. The van der Waals surface area contributed by atoms with Crippen LogP contribution in [0.25, 0.3) is 0 Å². The third kappa shape index (κ3) is 6.69. The Morgan fingerprint density at radius 2 is 1.24 bits per heavy atom. The molecule has 1 saturated carbocycles. The molecule has 0 aromatic carbocycles. The lowest BCUT2D eigenvalue weighted by Gasteiger charge is -2.63. The van der Waals surface area contributed by atoms with Crippen molar-refractivity contribution in [3.05, 3.63) is 46.3 Å². The van der Waals surface area contributed by atoms with Crippen LogP contribution in [0.15, 0.2) is 46.3 Å². The molecule has 5 aliphatic heterocycles. The number of epoxide rings is 2. The zero-order valence-electron chi connectivity index (χ0n) is 35.7. The molecule has 58 heavy (non-hydrogen) atoms. The molecule has 3 aliphatic carbocycles. The van der Waals surface area contributed by atoms with E-state index in [0.717, 1.165) is 38.5 Å². The molecule has 0 aromatic rings. The molecule has 4 fully saturated rings. The molecule has 2 bridgehead atoms. The summed E-state index contributed by atoms with van der Waals surface area (Å²) in [5.41, 5.74) is -5.17. The Labute approximate surface area is 341 Å². The van der Waals surface area contributed by atoms with Gasteiger partial charge in [0.25, 0.3) is 0 Å². The fourth-order valence-electron chi connectivity index (χ4n) is 10.2. The van der Waals surface area contributed by atoms with Crippen molar-refractivity contribution in [1.82, 2.24) is 0 Å². The van der Waals surface area contributed by atoms with Gasteiger partial charge in [0.1, 0.15) is 17.3 Å². The summed E-state index contributed by atoms with van der Waals surface area (Å²) in [6.07, 6.45) is 6.18. The molecule has 0 aromatic heterocycles. The summed E-state index contributed by atoms with van der Waals surface area (Å²) in [6.45, 7) is 18.0. The molecular formula is C46H60O12. The van der Waals surface area contributed by atoms with Crippen molar-refractivity contribution in [3.8, 4) is 0 Å². The van der Waals surface area contributed by atoms with Gasteiger partial charge in [-0.15, -0.1) is 0 Å². The molecule has 5 heterocycles. The van der Waals surface area contributed by atoms with Crippen LogP contribution in [0.5, 0.6) is 0 Å². The summed E-state index contributed by atoms with van der Waals surface area (Å²) in [5.74, 6) is -4.45. The highest BCUT2D eigenvalue weighted by Gasteiger charge is 2.85. The van der Waals surface area contributed by atoms with E-state index in [0.29, 0.717) is 12.8 Å². The normalized spacial score (nSPS) is 36.2. The number of carbonyl (C=O) groups is 6. The third-order valence-electron chi connectivity index (χ3n) is 13.0. The molecule has 10 atom stereocenters. The molecule has 12 nitrogen and oxygen atoms in total. The van der Waals surface area contributed by atoms with E-state index >= 15 is 9.59 Å². The minimum atomic E-state index is -1.62. The van der Waals surface area contributed by atoms with E-state index in [1.54, 1.807) is 67.5 Å². The number of hydrogen-bond acceptors (Lipinski definition) is 12. The second-order valence-corrected chi connectivity index (χ2v) is 19.3. The summed E-state index contributed by atoms with van der Waals surface area (Å²) in [7, 11) is 0. The van der Waals surface area contributed by atoms with Crippen LogP contribution in [-0.4, -0.2) is 88.0 Å². The van der Waals surface area contributed by atoms with E-state index in [1.807, 2.05) is 0 Å². The van der Waals surface area contributed by atoms with Gasteiger partial charge in [0.05, 0.1) is 23.9 Å². The van der Waals surface area contributed by atoms with Gasteiger partial charge in [-0.3, -0.25) is 19.2 Å². The molecule has 3 saturated heterocycles. The van der Waals surface area contributed by atoms with Crippen molar-refractivity contribution in [2.45, 2.75) is 186 Å². The molecule has 12 heteroatoms. The lowest BCUT2D eigenvalue weighted by Crippen LogP contribution is -2.74. The second-order valence-electron chi connectivity index (χ2n) is 19.3. The maximum atomic E-state index is 15.9. The molecule has 8 rings (SSSR count). The van der Waals surface area contributed by atoms with E-state index in [1.165, 1.54) is 6.26 Å². The minimum absolute atomic E-state index is 0.0541. The highest BCUT2D eigenvalue weighted by atomic mass is 16.6. The maximum absolute atomic E-state index is 15.9. The van der Waals surface area contributed by atoms with Gasteiger partial charge < -0.3 is 28.4 Å². The van der Waals surface area contributed by atoms with Crippen LogP contribution in [-0.2, 0) is 57.2 Å². The van der Waals surface area contributed by atoms with Gasteiger partial charge in [0.15, 0.2) is 46.5 Å². The number of unbranched alkanes of at least 4 members (excludes halogenated alkanes) is 4. The van der Waals surface area contributed by atoms with Crippen molar-refractivity contribution in [1.29, 1.82) is 0 Å². The molecule has 1 spiro atoms. The fourth-order valence-corrected chi connectivity index (χ4v) is 10.2. The molecule has 0 unspecified atom stereocenters. The first-order valence-corrected chi connectivity index (χ1v) is 21.3. The minimum Gasteiger partial charge on any atom is -0.497 e. The lowest BCUT2D eigenvalue weighted by atomic mass is 9.42. The van der Waals surface area contributed by atoms with E-state index in [9.17, 15) is 19.2 Å². The van der Waals surface area contributed by atoms with Gasteiger partial charge in [-0.25, -0.2) is 9.59 Å². The van der Waals surface area contributed by atoms with E-state index in [2.05, 4.69) is 13.8 Å². The number of rotatable bonds is 14. The van der Waals surface area contributed by atoms with E-state index in [4.69, 9.17) is 28.4 Å². The van der Waals surface area contributed by atoms with Crippen LogP contribution in [0, 0.1) is 17.3 Å². The Morgan fingerprint density at radius 3 is 1.79 bits per heavy atom. The summed E-state index contributed by atoms with van der Waals surface area (Å²) < 4.78 is 36.8. The van der Waals surface area contributed by atoms with Gasteiger partial charge in [0.2, 0.25) is 0 Å². The number of ether oxygens (including phenoxy) is 6. The van der Waals surface area contributed by atoms with Gasteiger partial charge in [-0.05, 0) is 74.7 Å². The number of ketones is 4. The van der Waals surface area contributed by atoms with Crippen molar-refractivity contribution >= 4 is 35.1 Å². The van der Waals surface area contributed by atoms with Crippen LogP contribution >= 0.6 is 0 Å². The Kier molecular flexibility index (Phi) is 10.8. The van der Waals surface area contributed by atoms with Crippen LogP contribution in [0.3, 0.4) is 0 Å². The zero-order chi connectivity index (χ0) is 42.3. The smallest absolute Gasteiger partial charge is 0.333 e. The van der Waals surface area contributed by atoms with Gasteiger partial charge in [-0.2, -0.15) is 0 Å². The second kappa shape index (κ2) is 14.8. The highest BCUT2D eigenvalue weighted by Crippen LogP contribution is 2.71. The fraction of sp³-hybridized carbons (Fsp3) is 0.696. The molecule has 0 amide bonds. The van der Waals surface area contributed by atoms with E-state index < -0.39 is 93.7 Å². The van der Waals surface area contributed by atoms with Crippen molar-refractivity contribution in [2.24, 2.45) is 17.3 Å². The van der Waals surface area contributed by atoms with Crippen LogP contribution < -0.4 is 0 Å². The molecule has 0 N–H and O–H groups in total. The number of hydrogen-bond donors (Lipinski definition) is 0. The Morgan fingerprint density at radius 1 is 0.724 bits per heavy atom. The average Bonchev–Trinajstić information content (AvgIpc) is 4.07. The van der Waals surface area contributed by atoms with Crippen molar-refractivity contribution in [3.63, 3.8) is 0 Å². The first kappa shape index (κ1) is 42.4. The molecule has 8 aliphatic rings.